The molecule has 0 radical (unpaired) electrons. The van der Waals surface area contributed by atoms with E-state index in [-0.39, 0.29) is 12.3 Å². The number of carbonyl (C=O) groups is 3. The van der Waals surface area contributed by atoms with E-state index in [0.29, 0.717) is 16.9 Å². The fourth-order valence-corrected chi connectivity index (χ4v) is 3.95. The van der Waals surface area contributed by atoms with Gasteiger partial charge in [-0.05, 0) is 30.7 Å². The average molecular weight is 415 g/mol. The second-order valence-corrected chi connectivity index (χ2v) is 7.63. The van der Waals surface area contributed by atoms with Gasteiger partial charge in [-0.25, -0.2) is 4.98 Å². The molecule has 1 saturated heterocycles. The quantitative estimate of drug-likeness (QED) is 0.352. The van der Waals surface area contributed by atoms with Crippen LogP contribution in [0.5, 0.6) is 5.75 Å². The van der Waals surface area contributed by atoms with Gasteiger partial charge in [0, 0.05) is 17.2 Å². The molecule has 156 valence electrons. The Labute approximate surface area is 180 Å². The van der Waals surface area contributed by atoms with Crippen molar-refractivity contribution in [1.29, 1.82) is 0 Å². The smallest absolute Gasteiger partial charge is 0.291 e. The lowest BCUT2D eigenvalue weighted by Crippen LogP contribution is -2.30. The summed E-state index contributed by atoms with van der Waals surface area (Å²) in [4.78, 5) is 43.9. The highest BCUT2D eigenvalue weighted by Gasteiger charge is 2.51. The number of methoxy groups -OCH3 is 1. The minimum Gasteiger partial charge on any atom is -0.497 e. The van der Waals surface area contributed by atoms with E-state index in [1.807, 2.05) is 31.2 Å². The van der Waals surface area contributed by atoms with E-state index in [0.717, 1.165) is 11.1 Å². The molecule has 31 heavy (non-hydrogen) atoms. The number of rotatable bonds is 6. The third-order valence-electron chi connectivity index (χ3n) is 5.61. The molecule has 6 heteroatoms. The Balaban J connectivity index is 1.77. The molecule has 0 saturated carbocycles. The Kier molecular flexibility index (Phi) is 5.62. The average Bonchev–Trinajstić information content (AvgIpc) is 3.05. The van der Waals surface area contributed by atoms with Crippen molar-refractivity contribution in [3.63, 3.8) is 0 Å². The second kappa shape index (κ2) is 8.52. The second-order valence-electron chi connectivity index (χ2n) is 7.63. The fourth-order valence-electron chi connectivity index (χ4n) is 3.95. The molecule has 2 heterocycles. The predicted molar refractivity (Wildman–Crippen MR) is 113 cm³/mol. The molecule has 0 aliphatic carbocycles. The lowest BCUT2D eigenvalue weighted by atomic mass is 9.86. The van der Waals surface area contributed by atoms with Crippen molar-refractivity contribution in [1.82, 2.24) is 4.90 Å². The minimum atomic E-state index is -1.10. The van der Waals surface area contributed by atoms with Crippen LogP contribution in [-0.4, -0.2) is 29.5 Å². The van der Waals surface area contributed by atoms with Crippen molar-refractivity contribution < 1.29 is 24.1 Å². The largest absolute Gasteiger partial charge is 0.497 e. The van der Waals surface area contributed by atoms with Gasteiger partial charge in [0.2, 0.25) is 5.78 Å². The Morgan fingerprint density at radius 3 is 2.35 bits per heavy atom. The number of aryl methyl sites for hydroxylation is 1. The summed E-state index contributed by atoms with van der Waals surface area (Å²) in [6, 6.07) is 17.2. The number of aromatic nitrogens is 1. The van der Waals surface area contributed by atoms with Gasteiger partial charge in [-0.1, -0.05) is 42.0 Å². The first-order chi connectivity index (χ1) is 15.0. The zero-order chi connectivity index (χ0) is 22.0. The molecule has 1 N–H and O–H groups in total. The number of Topliss-reactive ketones (excluding diaryl/α,β-unsaturated/α-hetero) is 2. The van der Waals surface area contributed by atoms with Gasteiger partial charge in [0.15, 0.2) is 18.2 Å². The van der Waals surface area contributed by atoms with Crippen molar-refractivity contribution in [2.45, 2.75) is 19.5 Å². The van der Waals surface area contributed by atoms with Gasteiger partial charge in [0.05, 0.1) is 19.7 Å². The van der Waals surface area contributed by atoms with Crippen LogP contribution in [0.15, 0.2) is 73.1 Å². The van der Waals surface area contributed by atoms with Crippen LogP contribution < -0.4 is 9.72 Å². The van der Waals surface area contributed by atoms with Crippen molar-refractivity contribution in [3.8, 4) is 5.75 Å². The van der Waals surface area contributed by atoms with Gasteiger partial charge in [0.25, 0.3) is 5.91 Å². The van der Waals surface area contributed by atoms with Crippen LogP contribution in [0.2, 0.25) is 0 Å². The SMILES string of the molecule is COc1ccc(C2C(C(=O)c3ccc(C)cc3)C(=O)C(=O)N2Cc2ccc[nH+]c2)cc1. The number of amides is 1. The molecular formula is C25H23N2O4+. The van der Waals surface area contributed by atoms with Crippen LogP contribution in [0.3, 0.4) is 0 Å². The summed E-state index contributed by atoms with van der Waals surface area (Å²) in [7, 11) is 1.57. The summed E-state index contributed by atoms with van der Waals surface area (Å²) < 4.78 is 5.23. The van der Waals surface area contributed by atoms with Gasteiger partial charge >= 0.3 is 0 Å². The first kappa shape index (κ1) is 20.5. The maximum absolute atomic E-state index is 13.4. The van der Waals surface area contributed by atoms with Crippen LogP contribution in [-0.2, 0) is 16.1 Å². The molecular weight excluding hydrogens is 392 g/mol. The van der Waals surface area contributed by atoms with Crippen molar-refractivity contribution in [2.75, 3.05) is 7.11 Å². The van der Waals surface area contributed by atoms with Gasteiger partial charge < -0.3 is 9.64 Å². The zero-order valence-electron chi connectivity index (χ0n) is 17.4. The molecule has 2 unspecified atom stereocenters. The van der Waals surface area contributed by atoms with E-state index in [4.69, 9.17) is 4.74 Å². The molecule has 1 aliphatic rings. The summed E-state index contributed by atoms with van der Waals surface area (Å²) in [5.41, 5.74) is 2.99. The summed E-state index contributed by atoms with van der Waals surface area (Å²) in [5.74, 6) is -2.11. The highest BCUT2D eigenvalue weighted by molar-refractivity contribution is 6.44. The molecule has 0 bridgehead atoms. The minimum absolute atomic E-state index is 0.219. The Morgan fingerprint density at radius 1 is 1.03 bits per heavy atom. The van der Waals surface area contributed by atoms with Gasteiger partial charge in [-0.3, -0.25) is 14.4 Å². The van der Waals surface area contributed by atoms with E-state index in [1.54, 1.807) is 55.9 Å². The molecule has 2 atom stereocenters. The number of H-pyrrole nitrogens is 1. The van der Waals surface area contributed by atoms with Crippen LogP contribution in [0, 0.1) is 12.8 Å². The molecule has 1 amide bonds. The molecule has 0 spiro atoms. The van der Waals surface area contributed by atoms with E-state index < -0.39 is 23.7 Å². The van der Waals surface area contributed by atoms with Crippen LogP contribution >= 0.6 is 0 Å². The Hall–Kier alpha value is -3.80. The maximum Gasteiger partial charge on any atom is 0.291 e. The third-order valence-corrected chi connectivity index (χ3v) is 5.61. The number of ketones is 2. The normalized spacial score (nSPS) is 18.3. The topological polar surface area (TPSA) is 77.8 Å². The number of carbonyl (C=O) groups excluding carboxylic acids is 3. The summed E-state index contributed by atoms with van der Waals surface area (Å²) in [6.45, 7) is 2.15. The Morgan fingerprint density at radius 2 is 1.74 bits per heavy atom. The highest BCUT2D eigenvalue weighted by Crippen LogP contribution is 2.39. The van der Waals surface area contributed by atoms with Crippen molar-refractivity contribution in [3.05, 3.63) is 95.3 Å². The predicted octanol–water partition coefficient (Wildman–Crippen LogP) is 2.97. The maximum atomic E-state index is 13.4. The van der Waals surface area contributed by atoms with E-state index in [1.165, 1.54) is 4.90 Å². The van der Waals surface area contributed by atoms with Crippen LogP contribution in [0.25, 0.3) is 0 Å². The van der Waals surface area contributed by atoms with Gasteiger partial charge in [-0.2, -0.15) is 0 Å². The number of nitrogens with one attached hydrogen (secondary N) is 1. The third kappa shape index (κ3) is 3.97. The molecule has 6 nitrogen and oxygen atoms in total. The van der Waals surface area contributed by atoms with Crippen LogP contribution in [0.4, 0.5) is 0 Å². The molecule has 1 aliphatic heterocycles. The number of pyridine rings is 1. The van der Waals surface area contributed by atoms with E-state index in [2.05, 4.69) is 4.98 Å². The Bertz CT molecular complexity index is 1110. The fraction of sp³-hybridized carbons (Fsp3) is 0.200. The highest BCUT2D eigenvalue weighted by atomic mass is 16.5. The molecule has 2 aromatic carbocycles. The molecule has 4 rings (SSSR count). The molecule has 3 aromatic rings. The van der Waals surface area contributed by atoms with Crippen LogP contribution in [0.1, 0.15) is 33.1 Å². The summed E-state index contributed by atoms with van der Waals surface area (Å²) >= 11 is 0. The number of aromatic amines is 1. The number of benzene rings is 2. The van der Waals surface area contributed by atoms with E-state index in [9.17, 15) is 14.4 Å². The molecule has 1 fully saturated rings. The number of hydrogen-bond acceptors (Lipinski definition) is 4. The van der Waals surface area contributed by atoms with Gasteiger partial charge in [-0.15, -0.1) is 0 Å². The zero-order valence-corrected chi connectivity index (χ0v) is 17.4. The summed E-state index contributed by atoms with van der Waals surface area (Å²) in [5, 5.41) is 0. The number of likely N-dealkylation sites (tertiary alicyclic amines) is 1. The first-order valence-electron chi connectivity index (χ1n) is 10.0. The molecule has 1 aromatic heterocycles. The monoisotopic (exact) mass is 415 g/mol. The van der Waals surface area contributed by atoms with Crippen molar-refractivity contribution in [2.24, 2.45) is 5.92 Å². The summed E-state index contributed by atoms with van der Waals surface area (Å²) in [6.07, 6.45) is 3.54. The van der Waals surface area contributed by atoms with Gasteiger partial charge in [0.1, 0.15) is 11.7 Å². The standard InChI is InChI=1S/C25H22N2O4/c1-16-5-7-19(8-6-16)23(28)21-22(18-9-11-20(31-2)12-10-18)27(25(30)24(21)29)15-17-4-3-13-26-14-17/h3-14,21-22H,15H2,1-2H3/p+1. The lowest BCUT2D eigenvalue weighted by molar-refractivity contribution is -0.378. The number of ether oxygens (including phenoxy) is 1. The first-order valence-corrected chi connectivity index (χ1v) is 10.0. The van der Waals surface area contributed by atoms with E-state index >= 15 is 0 Å². The van der Waals surface area contributed by atoms with Crippen molar-refractivity contribution >= 4 is 17.5 Å². The number of nitrogens with zero attached hydrogens (tertiary/aromatic N) is 1. The lowest BCUT2D eigenvalue weighted by Gasteiger charge is -2.27. The number of hydrogen-bond donors (Lipinski definition) is 0.